The van der Waals surface area contributed by atoms with E-state index in [1.807, 2.05) is 6.92 Å². The molecule has 1 fully saturated rings. The van der Waals surface area contributed by atoms with E-state index >= 15 is 0 Å². The summed E-state index contributed by atoms with van der Waals surface area (Å²) in [6, 6.07) is 0. The molecule has 0 radical (unpaired) electrons. The number of rotatable bonds is 4. The number of nitrogens with one attached hydrogen (secondary N) is 1. The van der Waals surface area contributed by atoms with Crippen LogP contribution >= 0.6 is 11.3 Å². The first-order valence-electron chi connectivity index (χ1n) is 6.27. The van der Waals surface area contributed by atoms with E-state index in [0.717, 1.165) is 10.1 Å². The normalized spacial score (nSPS) is 19.8. The molecule has 0 bridgehead atoms. The smallest absolute Gasteiger partial charge is 0.205 e. The summed E-state index contributed by atoms with van der Waals surface area (Å²) in [5.74, 6) is 0. The fourth-order valence-electron chi connectivity index (χ4n) is 2.21. The lowest BCUT2D eigenvalue weighted by Crippen LogP contribution is -2.51. The number of nitrogens with zero attached hydrogens (tertiary/aromatic N) is 2. The summed E-state index contributed by atoms with van der Waals surface area (Å²) < 4.78 is 5.33. The van der Waals surface area contributed by atoms with Crippen LogP contribution in [0.1, 0.15) is 31.7 Å². The lowest BCUT2D eigenvalue weighted by Gasteiger charge is -2.45. The third-order valence-corrected chi connectivity index (χ3v) is 4.58. The maximum Gasteiger partial charge on any atom is 0.205 e. The summed E-state index contributed by atoms with van der Waals surface area (Å²) in [4.78, 5) is 0. The number of hydrogen-bond acceptors (Lipinski definition) is 6. The van der Waals surface area contributed by atoms with Crippen LogP contribution in [0.25, 0.3) is 0 Å². The number of aliphatic hydroxyl groups is 1. The van der Waals surface area contributed by atoms with Gasteiger partial charge in [0.1, 0.15) is 5.01 Å². The standard InChI is InChI=1S/C12H21N3O2S/c1-9-14-15-10(18-9)13-8-11(2,3)12(16)4-6-17-7-5-12/h16H,4-8H2,1-3H3,(H,13,15). The lowest BCUT2D eigenvalue weighted by atomic mass is 9.70. The molecule has 6 heteroatoms. The Hall–Kier alpha value is -0.720. The Labute approximate surface area is 112 Å². The van der Waals surface area contributed by atoms with Gasteiger partial charge >= 0.3 is 0 Å². The highest BCUT2D eigenvalue weighted by atomic mass is 32.1. The van der Waals surface area contributed by atoms with E-state index in [0.29, 0.717) is 32.6 Å². The van der Waals surface area contributed by atoms with Crippen molar-refractivity contribution in [2.75, 3.05) is 25.1 Å². The van der Waals surface area contributed by atoms with Crippen LogP contribution in [-0.4, -0.2) is 40.7 Å². The van der Waals surface area contributed by atoms with Gasteiger partial charge in [-0.2, -0.15) is 0 Å². The van der Waals surface area contributed by atoms with Crippen molar-refractivity contribution in [2.45, 2.75) is 39.2 Å². The highest BCUT2D eigenvalue weighted by Gasteiger charge is 2.44. The van der Waals surface area contributed by atoms with Gasteiger partial charge in [-0.05, 0) is 6.92 Å². The van der Waals surface area contributed by atoms with E-state index in [4.69, 9.17) is 4.74 Å². The fraction of sp³-hybridized carbons (Fsp3) is 0.833. The Morgan fingerprint density at radius 3 is 2.61 bits per heavy atom. The maximum absolute atomic E-state index is 10.7. The van der Waals surface area contributed by atoms with E-state index < -0.39 is 5.60 Å². The van der Waals surface area contributed by atoms with Crippen molar-refractivity contribution in [1.82, 2.24) is 10.2 Å². The second-order valence-corrected chi connectivity index (χ2v) is 6.69. The minimum Gasteiger partial charge on any atom is -0.389 e. The van der Waals surface area contributed by atoms with Gasteiger partial charge in [0, 0.05) is 38.0 Å². The molecular formula is C12H21N3O2S. The first-order chi connectivity index (χ1) is 8.43. The second kappa shape index (κ2) is 5.11. The van der Waals surface area contributed by atoms with E-state index in [9.17, 15) is 5.11 Å². The van der Waals surface area contributed by atoms with Gasteiger partial charge in [-0.1, -0.05) is 25.2 Å². The third kappa shape index (κ3) is 2.81. The Morgan fingerprint density at radius 2 is 2.06 bits per heavy atom. The summed E-state index contributed by atoms with van der Waals surface area (Å²) in [5, 5.41) is 23.8. The zero-order chi connectivity index (χ0) is 13.2. The molecule has 0 atom stereocenters. The van der Waals surface area contributed by atoms with Crippen LogP contribution in [0, 0.1) is 12.3 Å². The molecule has 18 heavy (non-hydrogen) atoms. The van der Waals surface area contributed by atoms with Gasteiger partial charge in [-0.25, -0.2) is 0 Å². The first kappa shape index (κ1) is 13.7. The molecule has 1 aliphatic heterocycles. The molecule has 0 aliphatic carbocycles. The molecule has 5 nitrogen and oxygen atoms in total. The molecule has 1 aromatic heterocycles. The van der Waals surface area contributed by atoms with Crippen molar-refractivity contribution >= 4 is 16.5 Å². The number of aryl methyl sites for hydroxylation is 1. The molecule has 1 saturated heterocycles. The monoisotopic (exact) mass is 271 g/mol. The van der Waals surface area contributed by atoms with E-state index in [1.165, 1.54) is 11.3 Å². The number of anilines is 1. The van der Waals surface area contributed by atoms with Crippen LogP contribution in [0.15, 0.2) is 0 Å². The zero-order valence-electron chi connectivity index (χ0n) is 11.2. The molecule has 0 saturated carbocycles. The maximum atomic E-state index is 10.7. The van der Waals surface area contributed by atoms with Crippen molar-refractivity contribution in [2.24, 2.45) is 5.41 Å². The Kier molecular flexibility index (Phi) is 3.89. The summed E-state index contributed by atoms with van der Waals surface area (Å²) in [6.07, 6.45) is 1.38. The molecular weight excluding hydrogens is 250 g/mol. The molecule has 0 spiro atoms. The van der Waals surface area contributed by atoms with Crippen molar-refractivity contribution in [3.8, 4) is 0 Å². The molecule has 1 aromatic rings. The van der Waals surface area contributed by atoms with Crippen molar-refractivity contribution in [3.63, 3.8) is 0 Å². The molecule has 0 aromatic carbocycles. The van der Waals surface area contributed by atoms with Crippen LogP contribution in [0.3, 0.4) is 0 Å². The van der Waals surface area contributed by atoms with E-state index in [-0.39, 0.29) is 5.41 Å². The van der Waals surface area contributed by atoms with Crippen LogP contribution in [0.5, 0.6) is 0 Å². The van der Waals surface area contributed by atoms with Gasteiger partial charge in [-0.15, -0.1) is 10.2 Å². The van der Waals surface area contributed by atoms with Crippen LogP contribution in [-0.2, 0) is 4.74 Å². The van der Waals surface area contributed by atoms with Gasteiger partial charge in [-0.3, -0.25) is 0 Å². The number of aromatic nitrogens is 2. The van der Waals surface area contributed by atoms with Crippen LogP contribution in [0.4, 0.5) is 5.13 Å². The average Bonchev–Trinajstić information content (AvgIpc) is 2.74. The van der Waals surface area contributed by atoms with Gasteiger partial charge in [0.15, 0.2) is 0 Å². The lowest BCUT2D eigenvalue weighted by molar-refractivity contribution is -0.127. The fourth-order valence-corrected chi connectivity index (χ4v) is 2.80. The second-order valence-electron chi connectivity index (χ2n) is 5.51. The largest absolute Gasteiger partial charge is 0.389 e. The van der Waals surface area contributed by atoms with Gasteiger partial charge in [0.25, 0.3) is 0 Å². The van der Waals surface area contributed by atoms with Crippen molar-refractivity contribution in [1.29, 1.82) is 0 Å². The molecule has 2 rings (SSSR count). The SMILES string of the molecule is Cc1nnc(NCC(C)(C)C2(O)CCOCC2)s1. The van der Waals surface area contributed by atoms with Gasteiger partial charge < -0.3 is 15.2 Å². The van der Waals surface area contributed by atoms with Crippen molar-refractivity contribution in [3.05, 3.63) is 5.01 Å². The molecule has 0 unspecified atom stereocenters. The van der Waals surface area contributed by atoms with Gasteiger partial charge in [0.05, 0.1) is 5.60 Å². The Balaban J connectivity index is 1.97. The molecule has 2 heterocycles. The van der Waals surface area contributed by atoms with E-state index in [2.05, 4.69) is 29.4 Å². The highest BCUT2D eigenvalue weighted by Crippen LogP contribution is 2.38. The number of hydrogen-bond donors (Lipinski definition) is 2. The first-order valence-corrected chi connectivity index (χ1v) is 7.09. The topological polar surface area (TPSA) is 67.3 Å². The zero-order valence-corrected chi connectivity index (χ0v) is 12.0. The summed E-state index contributed by atoms with van der Waals surface area (Å²) in [7, 11) is 0. The summed E-state index contributed by atoms with van der Waals surface area (Å²) in [5.41, 5.74) is -0.895. The van der Waals surface area contributed by atoms with E-state index in [1.54, 1.807) is 0 Å². The highest BCUT2D eigenvalue weighted by molar-refractivity contribution is 7.15. The molecule has 102 valence electrons. The molecule has 2 N–H and O–H groups in total. The predicted molar refractivity (Wildman–Crippen MR) is 71.9 cm³/mol. The number of ether oxygens (including phenoxy) is 1. The predicted octanol–water partition coefficient (Wildman–Crippen LogP) is 1.83. The van der Waals surface area contributed by atoms with Gasteiger partial charge in [0.2, 0.25) is 5.13 Å². The Morgan fingerprint density at radius 1 is 1.39 bits per heavy atom. The minimum absolute atomic E-state index is 0.226. The quantitative estimate of drug-likeness (QED) is 0.874. The van der Waals surface area contributed by atoms with Crippen LogP contribution in [0.2, 0.25) is 0 Å². The summed E-state index contributed by atoms with van der Waals surface area (Å²) >= 11 is 1.53. The molecule has 0 amide bonds. The minimum atomic E-state index is -0.669. The summed E-state index contributed by atoms with van der Waals surface area (Å²) in [6.45, 7) is 8.05. The third-order valence-electron chi connectivity index (χ3n) is 3.79. The van der Waals surface area contributed by atoms with Crippen LogP contribution < -0.4 is 5.32 Å². The molecule has 1 aliphatic rings. The Bertz CT molecular complexity index is 400. The van der Waals surface area contributed by atoms with Crippen molar-refractivity contribution < 1.29 is 9.84 Å². The average molecular weight is 271 g/mol.